The van der Waals surface area contributed by atoms with Crippen LogP contribution in [0.2, 0.25) is 0 Å². The number of halogens is 1. The normalized spacial score (nSPS) is 12.1. The minimum absolute atomic E-state index is 0.133. The van der Waals surface area contributed by atoms with Crippen LogP contribution in [0.4, 0.5) is 10.1 Å². The molecule has 1 atom stereocenters. The third kappa shape index (κ3) is 6.31. The van der Waals surface area contributed by atoms with Crippen LogP contribution in [0.25, 0.3) is 0 Å². The van der Waals surface area contributed by atoms with E-state index in [4.69, 9.17) is 4.74 Å². The molecule has 0 aliphatic heterocycles. The minimum atomic E-state index is -3.65. The maximum absolute atomic E-state index is 14.0. The van der Waals surface area contributed by atoms with Crippen molar-refractivity contribution in [1.82, 2.24) is 5.32 Å². The number of carbonyl (C=O) groups is 1. The van der Waals surface area contributed by atoms with Crippen molar-refractivity contribution in [3.63, 3.8) is 0 Å². The molecule has 0 spiro atoms. The molecular weight excluding hydrogens is 431 g/mol. The zero-order valence-electron chi connectivity index (χ0n) is 17.9. The predicted octanol–water partition coefficient (Wildman–Crippen LogP) is 4.05. The smallest absolute Gasteiger partial charge is 0.258 e. The van der Waals surface area contributed by atoms with Crippen LogP contribution < -0.4 is 14.4 Å². The van der Waals surface area contributed by atoms with Crippen LogP contribution in [0.3, 0.4) is 0 Å². The van der Waals surface area contributed by atoms with Crippen LogP contribution in [0, 0.1) is 5.82 Å². The fourth-order valence-corrected chi connectivity index (χ4v) is 4.03. The summed E-state index contributed by atoms with van der Waals surface area (Å²) < 4.78 is 45.2. The van der Waals surface area contributed by atoms with Crippen LogP contribution in [0.15, 0.2) is 78.9 Å². The molecule has 0 aliphatic rings. The van der Waals surface area contributed by atoms with E-state index in [-0.39, 0.29) is 30.7 Å². The Labute approximate surface area is 187 Å². The van der Waals surface area contributed by atoms with E-state index >= 15 is 0 Å². The summed E-state index contributed by atoms with van der Waals surface area (Å²) in [5, 5.41) is 2.86. The van der Waals surface area contributed by atoms with Crippen molar-refractivity contribution in [2.45, 2.75) is 19.5 Å². The largest absolute Gasteiger partial charge is 0.484 e. The molecule has 0 radical (unpaired) electrons. The zero-order valence-corrected chi connectivity index (χ0v) is 18.7. The molecule has 6 nitrogen and oxygen atoms in total. The van der Waals surface area contributed by atoms with Crippen LogP contribution in [0.5, 0.6) is 5.75 Å². The lowest BCUT2D eigenvalue weighted by Crippen LogP contribution is -2.31. The van der Waals surface area contributed by atoms with Crippen LogP contribution in [-0.2, 0) is 21.4 Å². The van der Waals surface area contributed by atoms with Crippen molar-refractivity contribution in [3.05, 3.63) is 95.8 Å². The summed E-state index contributed by atoms with van der Waals surface area (Å²) in [5.74, 6) is -0.338. The molecular formula is C24H25FN2O4S. The first-order chi connectivity index (χ1) is 15.2. The lowest BCUT2D eigenvalue weighted by Gasteiger charge is -2.23. The Kier molecular flexibility index (Phi) is 7.48. The van der Waals surface area contributed by atoms with Crippen molar-refractivity contribution in [1.29, 1.82) is 0 Å². The number of hydrogen-bond donors (Lipinski definition) is 1. The van der Waals surface area contributed by atoms with E-state index in [0.717, 1.165) is 16.1 Å². The van der Waals surface area contributed by atoms with Gasteiger partial charge in [-0.2, -0.15) is 0 Å². The maximum Gasteiger partial charge on any atom is 0.258 e. The van der Waals surface area contributed by atoms with E-state index in [1.54, 1.807) is 42.5 Å². The van der Waals surface area contributed by atoms with E-state index in [9.17, 15) is 17.6 Å². The molecule has 0 bridgehead atoms. The fraction of sp³-hybridized carbons (Fsp3) is 0.208. The topological polar surface area (TPSA) is 75.7 Å². The molecule has 32 heavy (non-hydrogen) atoms. The monoisotopic (exact) mass is 456 g/mol. The second-order valence-electron chi connectivity index (χ2n) is 7.34. The van der Waals surface area contributed by atoms with Crippen molar-refractivity contribution in [2.24, 2.45) is 0 Å². The van der Waals surface area contributed by atoms with Gasteiger partial charge in [-0.15, -0.1) is 0 Å². The van der Waals surface area contributed by atoms with Gasteiger partial charge in [0.2, 0.25) is 10.0 Å². The van der Waals surface area contributed by atoms with E-state index in [2.05, 4.69) is 5.32 Å². The molecule has 3 aromatic carbocycles. The molecule has 0 unspecified atom stereocenters. The molecule has 0 saturated heterocycles. The van der Waals surface area contributed by atoms with Gasteiger partial charge in [-0.05, 0) is 42.8 Å². The van der Waals surface area contributed by atoms with Gasteiger partial charge >= 0.3 is 0 Å². The highest BCUT2D eigenvalue weighted by Gasteiger charge is 2.19. The number of amides is 1. The van der Waals surface area contributed by atoms with E-state index in [1.807, 2.05) is 37.3 Å². The molecule has 1 N–H and O–H groups in total. The predicted molar refractivity (Wildman–Crippen MR) is 122 cm³/mol. The number of rotatable bonds is 9. The summed E-state index contributed by atoms with van der Waals surface area (Å²) in [6.07, 6.45) is 1.07. The van der Waals surface area contributed by atoms with Crippen molar-refractivity contribution >= 4 is 21.6 Å². The molecule has 3 aromatic rings. The number of anilines is 1. The number of ether oxygens (including phenoxy) is 1. The van der Waals surface area contributed by atoms with E-state index in [1.165, 1.54) is 6.07 Å². The van der Waals surface area contributed by atoms with Crippen molar-refractivity contribution in [3.8, 4) is 5.75 Å². The number of hydrogen-bond acceptors (Lipinski definition) is 4. The fourth-order valence-electron chi connectivity index (χ4n) is 3.15. The van der Waals surface area contributed by atoms with Gasteiger partial charge in [0, 0.05) is 5.56 Å². The lowest BCUT2D eigenvalue weighted by atomic mass is 10.1. The van der Waals surface area contributed by atoms with E-state index < -0.39 is 15.8 Å². The van der Waals surface area contributed by atoms with Gasteiger partial charge < -0.3 is 10.1 Å². The summed E-state index contributed by atoms with van der Waals surface area (Å²) in [4.78, 5) is 12.2. The van der Waals surface area contributed by atoms with Gasteiger partial charge in [0.1, 0.15) is 11.6 Å². The molecule has 0 heterocycles. The summed E-state index contributed by atoms with van der Waals surface area (Å²) in [6, 6.07) is 21.7. The van der Waals surface area contributed by atoms with Gasteiger partial charge in [-0.1, -0.05) is 48.5 Å². The number of nitrogens with one attached hydrogen (secondary N) is 1. The molecule has 8 heteroatoms. The summed E-state index contributed by atoms with van der Waals surface area (Å²) in [6.45, 7) is 1.57. The highest BCUT2D eigenvalue weighted by molar-refractivity contribution is 7.92. The zero-order chi connectivity index (χ0) is 23.1. The summed E-state index contributed by atoms with van der Waals surface area (Å²) in [7, 11) is -3.65. The molecule has 0 aliphatic carbocycles. The van der Waals surface area contributed by atoms with Crippen molar-refractivity contribution in [2.75, 3.05) is 17.2 Å². The molecule has 1 amide bonds. The van der Waals surface area contributed by atoms with Gasteiger partial charge in [-0.3, -0.25) is 9.10 Å². The standard InChI is InChI=1S/C24H25FN2O4S/c1-18(19-8-4-3-5-9-19)26-24(28)17-31-22-14-12-21(13-15-22)27(32(2,29)30)16-20-10-6-7-11-23(20)25/h3-15,18H,16-17H2,1-2H3,(H,26,28)/t18-/m1/s1. The highest BCUT2D eigenvalue weighted by atomic mass is 32.2. The molecule has 168 valence electrons. The lowest BCUT2D eigenvalue weighted by molar-refractivity contribution is -0.123. The van der Waals surface area contributed by atoms with Gasteiger partial charge in [0.25, 0.3) is 5.91 Å². The Hall–Kier alpha value is -3.39. The third-order valence-electron chi connectivity index (χ3n) is 4.84. The number of carbonyl (C=O) groups excluding carboxylic acids is 1. The summed E-state index contributed by atoms with van der Waals surface area (Å²) >= 11 is 0. The average Bonchev–Trinajstić information content (AvgIpc) is 2.77. The second kappa shape index (κ2) is 10.3. The first kappa shape index (κ1) is 23.3. The molecule has 0 fully saturated rings. The molecule has 3 rings (SSSR count). The van der Waals surface area contributed by atoms with Gasteiger partial charge in [0.15, 0.2) is 6.61 Å². The van der Waals surface area contributed by atoms with Crippen LogP contribution >= 0.6 is 0 Å². The first-order valence-corrected chi connectivity index (χ1v) is 11.9. The van der Waals surface area contributed by atoms with Crippen molar-refractivity contribution < 1.29 is 22.3 Å². The Morgan fingerprint density at radius 3 is 2.25 bits per heavy atom. The third-order valence-corrected chi connectivity index (χ3v) is 5.98. The molecule has 0 saturated carbocycles. The number of sulfonamides is 1. The summed E-state index contributed by atoms with van der Waals surface area (Å²) in [5.41, 5.74) is 1.62. The second-order valence-corrected chi connectivity index (χ2v) is 9.25. The Morgan fingerprint density at radius 1 is 1.00 bits per heavy atom. The average molecular weight is 457 g/mol. The molecule has 0 aromatic heterocycles. The quantitative estimate of drug-likeness (QED) is 0.527. The Balaban J connectivity index is 1.62. The maximum atomic E-state index is 14.0. The SMILES string of the molecule is C[C@@H](NC(=O)COc1ccc(N(Cc2ccccc2F)S(C)(=O)=O)cc1)c1ccccc1. The Morgan fingerprint density at radius 2 is 1.62 bits per heavy atom. The highest BCUT2D eigenvalue weighted by Crippen LogP contribution is 2.24. The number of nitrogens with zero attached hydrogens (tertiary/aromatic N) is 1. The van der Waals surface area contributed by atoms with Gasteiger partial charge in [0.05, 0.1) is 24.5 Å². The minimum Gasteiger partial charge on any atom is -0.484 e. The van der Waals surface area contributed by atoms with Gasteiger partial charge in [-0.25, -0.2) is 12.8 Å². The Bertz CT molecular complexity index is 1150. The first-order valence-electron chi connectivity index (χ1n) is 10.0. The van der Waals surface area contributed by atoms with Crippen LogP contribution in [0.1, 0.15) is 24.1 Å². The van der Waals surface area contributed by atoms with Crippen LogP contribution in [-0.4, -0.2) is 27.2 Å². The number of benzene rings is 3. The van der Waals surface area contributed by atoms with E-state index in [0.29, 0.717) is 11.4 Å².